The van der Waals surface area contributed by atoms with Crippen LogP contribution < -0.4 is 4.74 Å². The number of nitrogens with zero attached hydrogens (tertiary/aromatic N) is 3. The molecule has 0 atom stereocenters. The van der Waals surface area contributed by atoms with Crippen molar-refractivity contribution in [2.45, 2.75) is 32.8 Å². The molecule has 1 N–H and O–H groups in total. The number of hydrogen-bond donors (Lipinski definition) is 1. The third kappa shape index (κ3) is 2.99. The molecule has 1 fully saturated rings. The van der Waals surface area contributed by atoms with E-state index in [0.29, 0.717) is 30.0 Å². The standard InChI is InChI=1S/C18H16ClN3O4/c1-8-3-10(15-21-13-7-20-18(19)22-16(13)26-15)4-9(2)14(8)25-12-5-11(6-12)17(23)24/h3-4,7,11-12H,5-6H2,1-2H3,(H,23,24). The van der Waals surface area contributed by atoms with Crippen molar-refractivity contribution in [1.29, 1.82) is 0 Å². The predicted molar refractivity (Wildman–Crippen MR) is 94.3 cm³/mol. The number of hydrogen-bond acceptors (Lipinski definition) is 6. The molecule has 2 aromatic heterocycles. The summed E-state index contributed by atoms with van der Waals surface area (Å²) >= 11 is 5.78. The molecule has 134 valence electrons. The van der Waals surface area contributed by atoms with Crippen LogP contribution in [0.1, 0.15) is 24.0 Å². The van der Waals surface area contributed by atoms with Crippen LogP contribution in [0.5, 0.6) is 5.75 Å². The summed E-state index contributed by atoms with van der Waals surface area (Å²) in [6.45, 7) is 3.89. The third-order valence-electron chi connectivity index (χ3n) is 4.56. The Morgan fingerprint density at radius 3 is 2.62 bits per heavy atom. The van der Waals surface area contributed by atoms with E-state index in [1.165, 1.54) is 6.20 Å². The van der Waals surface area contributed by atoms with E-state index in [-0.39, 0.29) is 17.3 Å². The van der Waals surface area contributed by atoms with Gasteiger partial charge in [0.2, 0.25) is 11.2 Å². The lowest BCUT2D eigenvalue weighted by atomic mass is 9.82. The summed E-state index contributed by atoms with van der Waals surface area (Å²) in [5.74, 6) is 0.158. The van der Waals surface area contributed by atoms with Crippen molar-refractivity contribution in [3.63, 3.8) is 0 Å². The third-order valence-corrected chi connectivity index (χ3v) is 4.74. The number of rotatable bonds is 4. The van der Waals surface area contributed by atoms with Crippen molar-refractivity contribution >= 4 is 28.8 Å². The maximum absolute atomic E-state index is 10.9. The first-order valence-corrected chi connectivity index (χ1v) is 8.58. The van der Waals surface area contributed by atoms with Crippen molar-refractivity contribution in [3.8, 4) is 17.2 Å². The van der Waals surface area contributed by atoms with Crippen molar-refractivity contribution in [3.05, 3.63) is 34.7 Å². The zero-order chi connectivity index (χ0) is 18.4. The van der Waals surface area contributed by atoms with Crippen LogP contribution in [0.3, 0.4) is 0 Å². The SMILES string of the molecule is Cc1cc(-c2nc3cnc(Cl)nc3o2)cc(C)c1OC1CC(C(=O)O)C1. The minimum Gasteiger partial charge on any atom is -0.490 e. The molecule has 0 amide bonds. The van der Waals surface area contributed by atoms with Crippen LogP contribution >= 0.6 is 11.6 Å². The van der Waals surface area contributed by atoms with Gasteiger partial charge in [-0.1, -0.05) is 0 Å². The smallest absolute Gasteiger partial charge is 0.306 e. The van der Waals surface area contributed by atoms with Crippen LogP contribution in [0, 0.1) is 19.8 Å². The van der Waals surface area contributed by atoms with E-state index in [4.69, 9.17) is 25.9 Å². The highest BCUT2D eigenvalue weighted by atomic mass is 35.5. The van der Waals surface area contributed by atoms with Gasteiger partial charge in [-0.05, 0) is 61.5 Å². The number of benzene rings is 1. The number of aliphatic carboxylic acids is 1. The van der Waals surface area contributed by atoms with Gasteiger partial charge >= 0.3 is 5.97 Å². The number of aromatic nitrogens is 3. The Morgan fingerprint density at radius 2 is 1.96 bits per heavy atom. The van der Waals surface area contributed by atoms with E-state index < -0.39 is 5.97 Å². The van der Waals surface area contributed by atoms with Gasteiger partial charge in [-0.3, -0.25) is 4.79 Å². The van der Waals surface area contributed by atoms with Crippen molar-refractivity contribution < 1.29 is 19.1 Å². The maximum Gasteiger partial charge on any atom is 0.306 e. The first-order valence-electron chi connectivity index (χ1n) is 8.21. The summed E-state index contributed by atoms with van der Waals surface area (Å²) in [4.78, 5) is 23.2. The Kier molecular flexibility index (Phi) is 4.03. The molecule has 0 spiro atoms. The molecule has 2 heterocycles. The summed E-state index contributed by atoms with van der Waals surface area (Å²) in [6.07, 6.45) is 2.55. The van der Waals surface area contributed by atoms with Gasteiger partial charge in [0.15, 0.2) is 0 Å². The largest absolute Gasteiger partial charge is 0.490 e. The van der Waals surface area contributed by atoms with E-state index >= 15 is 0 Å². The highest BCUT2D eigenvalue weighted by molar-refractivity contribution is 6.28. The first-order chi connectivity index (χ1) is 12.4. The molecule has 0 bridgehead atoms. The second-order valence-corrected chi connectivity index (χ2v) is 6.87. The quantitative estimate of drug-likeness (QED) is 0.694. The molecule has 4 rings (SSSR count). The number of aryl methyl sites for hydroxylation is 2. The number of halogens is 1. The lowest BCUT2D eigenvalue weighted by molar-refractivity contribution is -0.147. The van der Waals surface area contributed by atoms with Gasteiger partial charge in [-0.25, -0.2) is 9.97 Å². The van der Waals surface area contributed by atoms with Gasteiger partial charge in [0.1, 0.15) is 17.4 Å². The van der Waals surface area contributed by atoms with E-state index in [0.717, 1.165) is 22.4 Å². The second-order valence-electron chi connectivity index (χ2n) is 6.53. The normalized spacial score (nSPS) is 19.3. The number of carboxylic acids is 1. The zero-order valence-electron chi connectivity index (χ0n) is 14.2. The number of ether oxygens (including phenoxy) is 1. The monoisotopic (exact) mass is 373 g/mol. The highest BCUT2D eigenvalue weighted by Crippen LogP contribution is 2.36. The minimum absolute atomic E-state index is 0.0545. The Labute approximate surface area is 154 Å². The molecule has 1 saturated carbocycles. The molecule has 8 heteroatoms. The Bertz CT molecular complexity index is 988. The number of carbonyl (C=O) groups is 1. The average molecular weight is 374 g/mol. The molecule has 1 aliphatic rings. The summed E-state index contributed by atoms with van der Waals surface area (Å²) < 4.78 is 11.7. The lowest BCUT2D eigenvalue weighted by Crippen LogP contribution is -2.38. The summed E-state index contributed by atoms with van der Waals surface area (Å²) in [5.41, 5.74) is 3.55. The maximum atomic E-state index is 10.9. The molecule has 0 unspecified atom stereocenters. The Morgan fingerprint density at radius 1 is 1.27 bits per heavy atom. The van der Waals surface area contributed by atoms with Crippen LogP contribution in [0.2, 0.25) is 5.28 Å². The van der Waals surface area contributed by atoms with Crippen LogP contribution in [-0.2, 0) is 4.79 Å². The molecule has 7 nitrogen and oxygen atoms in total. The first kappa shape index (κ1) is 16.8. The molecule has 26 heavy (non-hydrogen) atoms. The number of carboxylic acid groups (broad SMARTS) is 1. The summed E-state index contributed by atoms with van der Waals surface area (Å²) in [7, 11) is 0. The Balaban J connectivity index is 1.59. The van der Waals surface area contributed by atoms with Crippen molar-refractivity contribution in [1.82, 2.24) is 15.0 Å². The van der Waals surface area contributed by atoms with Gasteiger partial charge in [0.25, 0.3) is 5.71 Å². The highest BCUT2D eigenvalue weighted by Gasteiger charge is 2.36. The fraction of sp³-hybridized carbons (Fsp3) is 0.333. The zero-order valence-corrected chi connectivity index (χ0v) is 14.9. The Hall–Kier alpha value is -2.67. The number of fused-ring (bicyclic) bond motifs is 1. The van der Waals surface area contributed by atoms with E-state index in [9.17, 15) is 4.79 Å². The minimum atomic E-state index is -0.757. The second kappa shape index (κ2) is 6.25. The van der Waals surface area contributed by atoms with Gasteiger partial charge in [-0.15, -0.1) is 0 Å². The average Bonchev–Trinajstić information content (AvgIpc) is 2.94. The topological polar surface area (TPSA) is 98.3 Å². The van der Waals surface area contributed by atoms with Gasteiger partial charge in [0.05, 0.1) is 12.1 Å². The lowest BCUT2D eigenvalue weighted by Gasteiger charge is -2.33. The fourth-order valence-electron chi connectivity index (χ4n) is 3.13. The van der Waals surface area contributed by atoms with E-state index in [1.807, 2.05) is 26.0 Å². The van der Waals surface area contributed by atoms with Crippen molar-refractivity contribution in [2.24, 2.45) is 5.92 Å². The van der Waals surface area contributed by atoms with Crippen LogP contribution in [0.15, 0.2) is 22.7 Å². The number of oxazole rings is 1. The van der Waals surface area contributed by atoms with Crippen molar-refractivity contribution in [2.75, 3.05) is 0 Å². The molecular weight excluding hydrogens is 358 g/mol. The molecule has 1 aromatic carbocycles. The van der Waals surface area contributed by atoms with Crippen LogP contribution in [0.4, 0.5) is 0 Å². The van der Waals surface area contributed by atoms with Crippen LogP contribution in [0.25, 0.3) is 22.7 Å². The fourth-order valence-corrected chi connectivity index (χ4v) is 3.25. The predicted octanol–water partition coefficient (Wildman–Crippen LogP) is 3.80. The molecule has 0 radical (unpaired) electrons. The van der Waals surface area contributed by atoms with Gasteiger partial charge in [0, 0.05) is 5.56 Å². The van der Waals surface area contributed by atoms with E-state index in [2.05, 4.69) is 15.0 Å². The molecule has 1 aliphatic carbocycles. The molecule has 3 aromatic rings. The molecule has 0 saturated heterocycles. The summed E-state index contributed by atoms with van der Waals surface area (Å²) in [5, 5.41) is 9.08. The summed E-state index contributed by atoms with van der Waals surface area (Å²) in [6, 6.07) is 3.85. The van der Waals surface area contributed by atoms with E-state index in [1.54, 1.807) is 0 Å². The molecule has 0 aliphatic heterocycles. The van der Waals surface area contributed by atoms with Crippen LogP contribution in [-0.4, -0.2) is 32.1 Å². The van der Waals surface area contributed by atoms with Gasteiger partial charge < -0.3 is 14.3 Å². The van der Waals surface area contributed by atoms with Gasteiger partial charge in [-0.2, -0.15) is 4.98 Å². The molecular formula is C18H16ClN3O4.